The van der Waals surface area contributed by atoms with Crippen molar-refractivity contribution in [2.24, 2.45) is 0 Å². The van der Waals surface area contributed by atoms with Crippen LogP contribution in [0.5, 0.6) is 5.75 Å². The van der Waals surface area contributed by atoms with Crippen molar-refractivity contribution < 1.29 is 44.5 Å². The van der Waals surface area contributed by atoms with Gasteiger partial charge in [0.15, 0.2) is 13.3 Å². The summed E-state index contributed by atoms with van der Waals surface area (Å²) in [5.74, 6) is -0.440. The average Bonchev–Trinajstić information content (AvgIpc) is 2.38. The fraction of sp³-hybridized carbons (Fsp3) is 0.400. The molecule has 0 N–H and O–H groups in total. The molecule has 0 saturated carbocycles. The Morgan fingerprint density at radius 2 is 1.33 bits per heavy atom. The zero-order valence-corrected chi connectivity index (χ0v) is 11.0. The highest BCUT2D eigenvalue weighted by Crippen LogP contribution is 2.56. The number of hydrogen-bond acceptors (Lipinski definition) is 4. The summed E-state index contributed by atoms with van der Waals surface area (Å²) in [4.78, 5) is 0. The Morgan fingerprint density at radius 1 is 0.905 bits per heavy atom. The standard InChI is InChI=1S/C10H9F6O4P/c11-6-9(13,14)19-21(17,20-10(15,16)7-12)18-8-4-2-1-3-5-8/h1-5H,6-7H2. The zero-order chi connectivity index (χ0) is 16.1. The van der Waals surface area contributed by atoms with E-state index in [0.717, 1.165) is 12.1 Å². The first kappa shape index (κ1) is 17.8. The second-order valence-electron chi connectivity index (χ2n) is 3.58. The average molecular weight is 338 g/mol. The molecule has 1 aromatic rings. The van der Waals surface area contributed by atoms with E-state index in [0.29, 0.717) is 0 Å². The summed E-state index contributed by atoms with van der Waals surface area (Å²) >= 11 is 0. The van der Waals surface area contributed by atoms with E-state index < -0.39 is 39.1 Å². The lowest BCUT2D eigenvalue weighted by Gasteiger charge is -2.24. The van der Waals surface area contributed by atoms with Crippen molar-refractivity contribution in [1.82, 2.24) is 0 Å². The van der Waals surface area contributed by atoms with Crippen molar-refractivity contribution in [2.45, 2.75) is 12.2 Å². The molecule has 4 nitrogen and oxygen atoms in total. The van der Waals surface area contributed by atoms with Gasteiger partial charge in [-0.25, -0.2) is 22.4 Å². The third-order valence-electron chi connectivity index (χ3n) is 1.76. The van der Waals surface area contributed by atoms with Gasteiger partial charge in [0.1, 0.15) is 5.75 Å². The fourth-order valence-electron chi connectivity index (χ4n) is 1.04. The predicted molar refractivity (Wildman–Crippen MR) is 58.7 cm³/mol. The summed E-state index contributed by atoms with van der Waals surface area (Å²) in [6, 6.07) is 6.15. The summed E-state index contributed by atoms with van der Waals surface area (Å²) in [7, 11) is -5.70. The van der Waals surface area contributed by atoms with Crippen molar-refractivity contribution in [3.05, 3.63) is 30.3 Å². The third-order valence-corrected chi connectivity index (χ3v) is 3.18. The Kier molecular flexibility index (Phi) is 5.66. The van der Waals surface area contributed by atoms with E-state index in [1.807, 2.05) is 0 Å². The predicted octanol–water partition coefficient (Wildman–Crippen LogP) is 4.33. The van der Waals surface area contributed by atoms with Crippen molar-refractivity contribution in [3.63, 3.8) is 0 Å². The van der Waals surface area contributed by atoms with Crippen LogP contribution in [-0.4, -0.2) is 25.6 Å². The van der Waals surface area contributed by atoms with E-state index in [4.69, 9.17) is 0 Å². The highest BCUT2D eigenvalue weighted by Gasteiger charge is 2.50. The van der Waals surface area contributed by atoms with Crippen molar-refractivity contribution >= 4 is 7.82 Å². The molecule has 21 heavy (non-hydrogen) atoms. The van der Waals surface area contributed by atoms with Gasteiger partial charge in [-0.3, -0.25) is 0 Å². The molecule has 0 atom stereocenters. The fourth-order valence-corrected chi connectivity index (χ4v) is 2.29. The largest absolute Gasteiger partial charge is 0.539 e. The number of alkyl halides is 6. The number of para-hydroxylation sites is 1. The number of phosphoric ester groups is 1. The van der Waals surface area contributed by atoms with Gasteiger partial charge in [-0.2, -0.15) is 17.6 Å². The van der Waals surface area contributed by atoms with Crippen molar-refractivity contribution in [3.8, 4) is 5.75 Å². The molecule has 0 aliphatic carbocycles. The van der Waals surface area contributed by atoms with E-state index in [2.05, 4.69) is 13.6 Å². The zero-order valence-electron chi connectivity index (χ0n) is 10.1. The maximum atomic E-state index is 12.8. The lowest BCUT2D eigenvalue weighted by molar-refractivity contribution is -0.232. The Hall–Kier alpha value is -1.25. The summed E-state index contributed by atoms with van der Waals surface area (Å²) in [5.41, 5.74) is 0. The summed E-state index contributed by atoms with van der Waals surface area (Å²) in [6.07, 6.45) is -9.42. The maximum Gasteiger partial charge on any atom is 0.539 e. The van der Waals surface area contributed by atoms with Gasteiger partial charge in [0.05, 0.1) is 0 Å². The van der Waals surface area contributed by atoms with E-state index in [-0.39, 0.29) is 0 Å². The van der Waals surface area contributed by atoms with Crippen LogP contribution in [0, 0.1) is 0 Å². The highest BCUT2D eigenvalue weighted by atomic mass is 31.2. The van der Waals surface area contributed by atoms with Crippen LogP contribution in [0.1, 0.15) is 0 Å². The molecular formula is C10H9F6O4P. The van der Waals surface area contributed by atoms with Crippen LogP contribution in [-0.2, 0) is 13.6 Å². The SMILES string of the molecule is O=P(Oc1ccccc1)(OC(F)(F)CF)OC(F)(F)CF. The lowest BCUT2D eigenvalue weighted by atomic mass is 10.3. The van der Waals surface area contributed by atoms with Gasteiger partial charge in [0.25, 0.3) is 0 Å². The third kappa shape index (κ3) is 5.94. The molecule has 1 rings (SSSR count). The van der Waals surface area contributed by atoms with E-state index >= 15 is 0 Å². The number of benzene rings is 1. The quantitative estimate of drug-likeness (QED) is 0.523. The second-order valence-corrected chi connectivity index (χ2v) is 5.02. The van der Waals surface area contributed by atoms with E-state index in [9.17, 15) is 30.9 Å². The van der Waals surface area contributed by atoms with E-state index in [1.54, 1.807) is 0 Å². The molecular weight excluding hydrogens is 329 g/mol. The molecule has 0 unspecified atom stereocenters. The van der Waals surface area contributed by atoms with Crippen LogP contribution in [0.25, 0.3) is 0 Å². The summed E-state index contributed by atoms with van der Waals surface area (Å²) in [6.45, 7) is -4.95. The molecule has 0 heterocycles. The van der Waals surface area contributed by atoms with Gasteiger partial charge in [-0.05, 0) is 12.1 Å². The Labute approximate surface area is 115 Å². The van der Waals surface area contributed by atoms with Crippen LogP contribution in [0.2, 0.25) is 0 Å². The van der Waals surface area contributed by atoms with Gasteiger partial charge in [-0.15, -0.1) is 0 Å². The number of rotatable bonds is 8. The molecule has 120 valence electrons. The van der Waals surface area contributed by atoms with Crippen LogP contribution < -0.4 is 4.52 Å². The number of hydrogen-bond donors (Lipinski definition) is 0. The van der Waals surface area contributed by atoms with Crippen molar-refractivity contribution in [1.29, 1.82) is 0 Å². The van der Waals surface area contributed by atoms with Crippen molar-refractivity contribution in [2.75, 3.05) is 13.3 Å². The van der Waals surface area contributed by atoms with Crippen LogP contribution in [0.15, 0.2) is 30.3 Å². The minimum absolute atomic E-state index is 0.440. The van der Waals surface area contributed by atoms with Crippen LogP contribution in [0.3, 0.4) is 0 Å². The molecule has 0 bridgehead atoms. The molecule has 0 amide bonds. The molecule has 1 aromatic carbocycles. The minimum atomic E-state index is -5.70. The molecule has 0 aliphatic rings. The maximum absolute atomic E-state index is 12.8. The van der Waals surface area contributed by atoms with Gasteiger partial charge >= 0.3 is 20.0 Å². The molecule has 0 spiro atoms. The summed E-state index contributed by atoms with van der Waals surface area (Å²) in [5, 5.41) is 0. The summed E-state index contributed by atoms with van der Waals surface area (Å²) < 4.78 is 97.8. The normalized spacial score (nSPS) is 13.2. The van der Waals surface area contributed by atoms with Gasteiger partial charge in [-0.1, -0.05) is 18.2 Å². The van der Waals surface area contributed by atoms with Crippen LogP contribution in [0.4, 0.5) is 26.3 Å². The Morgan fingerprint density at radius 3 is 1.71 bits per heavy atom. The number of phosphoric acid groups is 1. The Balaban J connectivity index is 3.02. The smallest absolute Gasteiger partial charge is 0.404 e. The second kappa shape index (κ2) is 6.67. The van der Waals surface area contributed by atoms with Gasteiger partial charge in [0.2, 0.25) is 0 Å². The molecule has 11 heteroatoms. The molecule has 0 aliphatic heterocycles. The topological polar surface area (TPSA) is 44.8 Å². The monoisotopic (exact) mass is 338 g/mol. The first-order valence-corrected chi connectivity index (χ1v) is 6.71. The minimum Gasteiger partial charge on any atom is -0.404 e. The highest BCUT2D eigenvalue weighted by molar-refractivity contribution is 7.49. The number of halogens is 6. The molecule has 0 fully saturated rings. The van der Waals surface area contributed by atoms with Gasteiger partial charge in [0, 0.05) is 0 Å². The first-order chi connectivity index (χ1) is 9.61. The lowest BCUT2D eigenvalue weighted by Crippen LogP contribution is -2.29. The Bertz CT molecular complexity index is 476. The molecule has 0 radical (unpaired) electrons. The molecule has 0 aromatic heterocycles. The first-order valence-electron chi connectivity index (χ1n) is 5.25. The molecule has 0 saturated heterocycles. The van der Waals surface area contributed by atoms with Gasteiger partial charge < -0.3 is 4.52 Å². The van der Waals surface area contributed by atoms with Crippen LogP contribution >= 0.6 is 7.82 Å². The van der Waals surface area contributed by atoms with E-state index in [1.165, 1.54) is 18.2 Å².